The Bertz CT molecular complexity index is 704. The van der Waals surface area contributed by atoms with Crippen LogP contribution in [-0.2, 0) is 20.7 Å². The molecule has 0 bridgehead atoms. The Morgan fingerprint density at radius 3 is 2.83 bits per heavy atom. The number of nitrogens with one attached hydrogen (secondary N) is 1. The summed E-state index contributed by atoms with van der Waals surface area (Å²) in [5.41, 5.74) is 2.87. The maximum atomic E-state index is 13.7. The fourth-order valence-electron chi connectivity index (χ4n) is 2.46. The van der Waals surface area contributed by atoms with Crippen LogP contribution in [0.3, 0.4) is 0 Å². The number of benzene rings is 1. The molecule has 0 fully saturated rings. The fourth-order valence-corrected chi connectivity index (χ4v) is 2.46. The van der Waals surface area contributed by atoms with Crippen LogP contribution in [0.25, 0.3) is 10.9 Å². The van der Waals surface area contributed by atoms with Crippen molar-refractivity contribution in [2.45, 2.75) is 19.8 Å². The number of rotatable bonds is 7. The Morgan fingerprint density at radius 1 is 1.35 bits per heavy atom. The number of halogens is 1. The minimum Gasteiger partial charge on any atom is -0.469 e. The molecule has 124 valence electrons. The largest absolute Gasteiger partial charge is 0.469 e. The van der Waals surface area contributed by atoms with Gasteiger partial charge in [-0.05, 0) is 31.5 Å². The van der Waals surface area contributed by atoms with Crippen LogP contribution >= 0.6 is 0 Å². The van der Waals surface area contributed by atoms with Crippen molar-refractivity contribution >= 4 is 22.6 Å². The van der Waals surface area contributed by atoms with Gasteiger partial charge in [-0.3, -0.25) is 9.78 Å². The highest BCUT2D eigenvalue weighted by Crippen LogP contribution is 2.29. The SMILES string of the molecule is COCCCNc1c(CC(=O)OC)c(C)nc2ccc(F)cc12. The van der Waals surface area contributed by atoms with Gasteiger partial charge in [0.2, 0.25) is 0 Å². The van der Waals surface area contributed by atoms with Gasteiger partial charge in [0.25, 0.3) is 0 Å². The number of aromatic nitrogens is 1. The number of pyridine rings is 1. The second-order valence-electron chi connectivity index (χ2n) is 5.24. The van der Waals surface area contributed by atoms with E-state index in [4.69, 9.17) is 9.47 Å². The predicted octanol–water partition coefficient (Wildman–Crippen LogP) is 2.85. The number of anilines is 1. The molecule has 6 heteroatoms. The molecule has 2 aromatic rings. The van der Waals surface area contributed by atoms with Gasteiger partial charge in [0.15, 0.2) is 0 Å². The summed E-state index contributed by atoms with van der Waals surface area (Å²) in [7, 11) is 2.99. The molecule has 0 saturated heterocycles. The van der Waals surface area contributed by atoms with E-state index in [1.165, 1.54) is 19.2 Å². The third-order valence-corrected chi connectivity index (χ3v) is 3.63. The number of carbonyl (C=O) groups is 1. The molecule has 0 aliphatic rings. The highest BCUT2D eigenvalue weighted by Gasteiger charge is 2.16. The topological polar surface area (TPSA) is 60.5 Å². The summed E-state index contributed by atoms with van der Waals surface area (Å²) in [6.45, 7) is 3.11. The van der Waals surface area contributed by atoms with E-state index in [1.54, 1.807) is 13.2 Å². The normalized spacial score (nSPS) is 10.8. The van der Waals surface area contributed by atoms with E-state index < -0.39 is 0 Å². The van der Waals surface area contributed by atoms with Gasteiger partial charge >= 0.3 is 5.97 Å². The number of hydrogen-bond acceptors (Lipinski definition) is 5. The fraction of sp³-hybridized carbons (Fsp3) is 0.412. The van der Waals surface area contributed by atoms with Crippen LogP contribution in [0.1, 0.15) is 17.7 Å². The molecule has 0 aliphatic heterocycles. The van der Waals surface area contributed by atoms with Gasteiger partial charge in [-0.25, -0.2) is 4.39 Å². The van der Waals surface area contributed by atoms with Gasteiger partial charge in [-0.2, -0.15) is 0 Å². The Labute approximate surface area is 134 Å². The molecule has 1 aromatic heterocycles. The summed E-state index contributed by atoms with van der Waals surface area (Å²) < 4.78 is 23.4. The molecule has 0 amide bonds. The summed E-state index contributed by atoms with van der Waals surface area (Å²) in [6.07, 6.45) is 0.890. The van der Waals surface area contributed by atoms with Crippen LogP contribution in [0, 0.1) is 12.7 Å². The number of esters is 1. The zero-order valence-corrected chi connectivity index (χ0v) is 13.6. The Balaban J connectivity index is 2.47. The number of aryl methyl sites for hydroxylation is 1. The van der Waals surface area contributed by atoms with Crippen LogP contribution in [0.15, 0.2) is 18.2 Å². The standard InChI is InChI=1S/C17H21FN2O3/c1-11-13(10-16(21)23-3)17(19-7-4-8-22-2)14-9-12(18)5-6-15(14)20-11/h5-6,9H,4,7-8,10H2,1-3H3,(H,19,20). The molecule has 5 nitrogen and oxygen atoms in total. The monoisotopic (exact) mass is 320 g/mol. The molecule has 1 aromatic carbocycles. The summed E-state index contributed by atoms with van der Waals surface area (Å²) in [5, 5.41) is 3.95. The third-order valence-electron chi connectivity index (χ3n) is 3.63. The summed E-state index contributed by atoms with van der Waals surface area (Å²) >= 11 is 0. The Morgan fingerprint density at radius 2 is 2.13 bits per heavy atom. The second-order valence-corrected chi connectivity index (χ2v) is 5.24. The van der Waals surface area contributed by atoms with Gasteiger partial charge in [-0.1, -0.05) is 0 Å². The van der Waals surface area contributed by atoms with Gasteiger partial charge < -0.3 is 14.8 Å². The Hall–Kier alpha value is -2.21. The van der Waals surface area contributed by atoms with E-state index >= 15 is 0 Å². The quantitative estimate of drug-likeness (QED) is 0.628. The molecule has 2 rings (SSSR count). The lowest BCUT2D eigenvalue weighted by Gasteiger charge is -2.16. The van der Waals surface area contributed by atoms with Crippen LogP contribution in [0.4, 0.5) is 10.1 Å². The van der Waals surface area contributed by atoms with Crippen molar-refractivity contribution < 1.29 is 18.7 Å². The first-order valence-electron chi connectivity index (χ1n) is 7.45. The molecular weight excluding hydrogens is 299 g/mol. The number of nitrogens with zero attached hydrogens (tertiary/aromatic N) is 1. The molecular formula is C17H21FN2O3. The number of ether oxygens (including phenoxy) is 2. The second kappa shape index (κ2) is 7.87. The summed E-state index contributed by atoms with van der Waals surface area (Å²) in [6, 6.07) is 4.45. The molecule has 1 N–H and O–H groups in total. The first-order chi connectivity index (χ1) is 11.1. The molecule has 0 aliphatic carbocycles. The highest BCUT2D eigenvalue weighted by atomic mass is 19.1. The summed E-state index contributed by atoms with van der Waals surface area (Å²) in [5.74, 6) is -0.697. The van der Waals surface area contributed by atoms with Crippen LogP contribution in [0.2, 0.25) is 0 Å². The van der Waals surface area contributed by atoms with E-state index in [0.717, 1.165) is 23.4 Å². The zero-order chi connectivity index (χ0) is 16.8. The number of fused-ring (bicyclic) bond motifs is 1. The van der Waals surface area contributed by atoms with E-state index in [-0.39, 0.29) is 18.2 Å². The molecule has 0 atom stereocenters. The zero-order valence-electron chi connectivity index (χ0n) is 13.6. The molecule has 0 spiro atoms. The first-order valence-corrected chi connectivity index (χ1v) is 7.45. The van der Waals surface area contributed by atoms with Crippen molar-refractivity contribution in [2.24, 2.45) is 0 Å². The van der Waals surface area contributed by atoms with Crippen LogP contribution in [-0.4, -0.2) is 38.3 Å². The van der Waals surface area contributed by atoms with Gasteiger partial charge in [0, 0.05) is 42.6 Å². The predicted molar refractivity (Wildman–Crippen MR) is 87.1 cm³/mol. The average molecular weight is 320 g/mol. The van der Waals surface area contributed by atoms with Crippen molar-refractivity contribution in [3.05, 3.63) is 35.3 Å². The van der Waals surface area contributed by atoms with E-state index in [2.05, 4.69) is 10.3 Å². The lowest BCUT2D eigenvalue weighted by molar-refractivity contribution is -0.139. The van der Waals surface area contributed by atoms with E-state index in [1.807, 2.05) is 6.92 Å². The van der Waals surface area contributed by atoms with E-state index in [0.29, 0.717) is 24.1 Å². The smallest absolute Gasteiger partial charge is 0.310 e. The lowest BCUT2D eigenvalue weighted by Crippen LogP contribution is -2.13. The lowest BCUT2D eigenvalue weighted by atomic mass is 10.0. The average Bonchev–Trinajstić information content (AvgIpc) is 2.54. The van der Waals surface area contributed by atoms with Crippen LogP contribution < -0.4 is 5.32 Å². The molecule has 1 heterocycles. The van der Waals surface area contributed by atoms with Crippen molar-refractivity contribution in [1.29, 1.82) is 0 Å². The van der Waals surface area contributed by atoms with E-state index in [9.17, 15) is 9.18 Å². The minimum atomic E-state index is -0.356. The molecule has 23 heavy (non-hydrogen) atoms. The third kappa shape index (κ3) is 4.16. The summed E-state index contributed by atoms with van der Waals surface area (Å²) in [4.78, 5) is 16.2. The van der Waals surface area contributed by atoms with Gasteiger partial charge in [0.1, 0.15) is 5.82 Å². The van der Waals surface area contributed by atoms with Crippen molar-refractivity contribution in [2.75, 3.05) is 32.7 Å². The number of hydrogen-bond donors (Lipinski definition) is 1. The number of carbonyl (C=O) groups excluding carboxylic acids is 1. The van der Waals surface area contributed by atoms with Crippen LogP contribution in [0.5, 0.6) is 0 Å². The highest BCUT2D eigenvalue weighted by molar-refractivity contribution is 5.95. The minimum absolute atomic E-state index is 0.0917. The first kappa shape index (κ1) is 17.1. The van der Waals surface area contributed by atoms with Crippen molar-refractivity contribution in [1.82, 2.24) is 4.98 Å². The maximum Gasteiger partial charge on any atom is 0.310 e. The Kier molecular flexibility index (Phi) is 5.87. The molecule has 0 saturated carbocycles. The maximum absolute atomic E-state index is 13.7. The van der Waals surface area contributed by atoms with Crippen molar-refractivity contribution in [3.63, 3.8) is 0 Å². The molecule has 0 radical (unpaired) electrons. The van der Waals surface area contributed by atoms with Gasteiger partial charge in [0.05, 0.1) is 19.0 Å². The van der Waals surface area contributed by atoms with Gasteiger partial charge in [-0.15, -0.1) is 0 Å². The number of methoxy groups -OCH3 is 2. The van der Waals surface area contributed by atoms with Crippen molar-refractivity contribution in [3.8, 4) is 0 Å². The molecule has 0 unspecified atom stereocenters.